The molecule has 1 aliphatic heterocycles. The van der Waals surface area contributed by atoms with Crippen molar-refractivity contribution in [2.45, 2.75) is 18.9 Å². The van der Waals surface area contributed by atoms with Gasteiger partial charge in [0.15, 0.2) is 0 Å². The Morgan fingerprint density at radius 3 is 2.90 bits per heavy atom. The first-order chi connectivity index (χ1) is 10.0. The van der Waals surface area contributed by atoms with Crippen molar-refractivity contribution < 1.29 is 24.2 Å². The van der Waals surface area contributed by atoms with Gasteiger partial charge in [-0.25, -0.2) is 4.79 Å². The van der Waals surface area contributed by atoms with Crippen LogP contribution >= 0.6 is 0 Å². The van der Waals surface area contributed by atoms with E-state index in [-0.39, 0.29) is 25.3 Å². The van der Waals surface area contributed by atoms with E-state index in [1.807, 2.05) is 0 Å². The summed E-state index contributed by atoms with van der Waals surface area (Å²) in [4.78, 5) is 40.1. The van der Waals surface area contributed by atoms with E-state index < -0.39 is 23.9 Å². The number of nitrogens with zero attached hydrogens (tertiary/aromatic N) is 2. The lowest BCUT2D eigenvalue weighted by atomic mass is 10.1. The normalized spacial score (nSPS) is 19.4. The Labute approximate surface area is 121 Å². The largest absolute Gasteiger partial charge is 0.480 e. The third-order valence-corrected chi connectivity index (χ3v) is 3.51. The molecule has 1 aliphatic rings. The topological polar surface area (TPSA) is 96.8 Å². The summed E-state index contributed by atoms with van der Waals surface area (Å²) in [6.07, 6.45) is 3.30. The van der Waals surface area contributed by atoms with Crippen LogP contribution in [-0.2, 0) is 25.5 Å². The number of carbonyl (C=O) groups is 3. The number of carboxylic acid groups (broad SMARTS) is 1. The van der Waals surface area contributed by atoms with Gasteiger partial charge in [0, 0.05) is 31.8 Å². The van der Waals surface area contributed by atoms with E-state index in [2.05, 4.69) is 9.72 Å². The molecular weight excluding hydrogens is 276 g/mol. The third-order valence-electron chi connectivity index (χ3n) is 3.51. The van der Waals surface area contributed by atoms with Crippen molar-refractivity contribution >= 4 is 17.8 Å². The number of methoxy groups -OCH3 is 1. The fourth-order valence-electron chi connectivity index (χ4n) is 2.43. The molecule has 0 aromatic carbocycles. The first kappa shape index (κ1) is 15.0. The highest BCUT2D eigenvalue weighted by Gasteiger charge is 2.41. The predicted molar refractivity (Wildman–Crippen MR) is 71.2 cm³/mol. The van der Waals surface area contributed by atoms with Gasteiger partial charge in [-0.2, -0.15) is 0 Å². The molecule has 1 amide bonds. The molecule has 2 heterocycles. The van der Waals surface area contributed by atoms with Crippen LogP contribution in [-0.4, -0.2) is 52.5 Å². The second kappa shape index (κ2) is 6.34. The van der Waals surface area contributed by atoms with Crippen LogP contribution in [0.2, 0.25) is 0 Å². The minimum atomic E-state index is -1.10. The molecule has 2 rings (SSSR count). The molecule has 2 atom stereocenters. The number of carbonyl (C=O) groups excluding carboxylic acids is 2. The Bertz CT molecular complexity index is 546. The van der Waals surface area contributed by atoms with E-state index >= 15 is 0 Å². The summed E-state index contributed by atoms with van der Waals surface area (Å²) in [5, 5.41) is 9.36. The summed E-state index contributed by atoms with van der Waals surface area (Å²) < 4.78 is 4.61. The smallest absolute Gasteiger partial charge is 0.326 e. The van der Waals surface area contributed by atoms with Crippen molar-refractivity contribution in [1.29, 1.82) is 0 Å². The lowest BCUT2D eigenvalue weighted by Crippen LogP contribution is -2.44. The molecule has 0 aliphatic carbocycles. The lowest BCUT2D eigenvalue weighted by Gasteiger charge is -2.24. The molecule has 1 saturated heterocycles. The zero-order valence-electron chi connectivity index (χ0n) is 11.6. The van der Waals surface area contributed by atoms with Gasteiger partial charge in [0.25, 0.3) is 0 Å². The maximum atomic E-state index is 12.0. The number of esters is 1. The maximum absolute atomic E-state index is 12.0. The average Bonchev–Trinajstić information content (AvgIpc) is 2.86. The number of amides is 1. The summed E-state index contributed by atoms with van der Waals surface area (Å²) in [6.45, 7) is 0.0722. The van der Waals surface area contributed by atoms with Gasteiger partial charge >= 0.3 is 11.9 Å². The van der Waals surface area contributed by atoms with Crippen LogP contribution in [0, 0.1) is 5.92 Å². The summed E-state index contributed by atoms with van der Waals surface area (Å²) in [6, 6.07) is 2.45. The molecule has 0 radical (unpaired) electrons. The van der Waals surface area contributed by atoms with Gasteiger partial charge in [-0.15, -0.1) is 0 Å². The zero-order valence-corrected chi connectivity index (χ0v) is 11.6. The lowest BCUT2D eigenvalue weighted by molar-refractivity contribution is -0.148. The monoisotopic (exact) mass is 292 g/mol. The van der Waals surface area contributed by atoms with Crippen LogP contribution in [0.4, 0.5) is 0 Å². The van der Waals surface area contributed by atoms with Crippen molar-refractivity contribution in [3.63, 3.8) is 0 Å². The van der Waals surface area contributed by atoms with Gasteiger partial charge in [0.1, 0.15) is 6.04 Å². The van der Waals surface area contributed by atoms with Gasteiger partial charge < -0.3 is 14.7 Å². The minimum absolute atomic E-state index is 0.0104. The molecule has 2 unspecified atom stereocenters. The van der Waals surface area contributed by atoms with E-state index in [0.29, 0.717) is 0 Å². The fourth-order valence-corrected chi connectivity index (χ4v) is 2.43. The predicted octanol–water partition coefficient (Wildman–Crippen LogP) is 0.0988. The average molecular weight is 292 g/mol. The highest BCUT2D eigenvalue weighted by Crippen LogP contribution is 2.23. The van der Waals surface area contributed by atoms with Crippen molar-refractivity contribution in [2.24, 2.45) is 5.92 Å². The number of pyridine rings is 1. The van der Waals surface area contributed by atoms with E-state index in [1.165, 1.54) is 12.0 Å². The van der Waals surface area contributed by atoms with Gasteiger partial charge in [-0.05, 0) is 11.6 Å². The van der Waals surface area contributed by atoms with Crippen molar-refractivity contribution in [2.75, 3.05) is 13.7 Å². The van der Waals surface area contributed by atoms with E-state index in [4.69, 9.17) is 0 Å². The Hall–Kier alpha value is -2.44. The van der Waals surface area contributed by atoms with Crippen molar-refractivity contribution in [3.05, 3.63) is 30.1 Å². The molecule has 1 aromatic heterocycles. The van der Waals surface area contributed by atoms with Crippen LogP contribution in [0.25, 0.3) is 0 Å². The summed E-state index contributed by atoms with van der Waals surface area (Å²) >= 11 is 0. The quantitative estimate of drug-likeness (QED) is 0.773. The van der Waals surface area contributed by atoms with E-state index in [1.54, 1.807) is 24.5 Å². The first-order valence-electron chi connectivity index (χ1n) is 6.52. The second-order valence-corrected chi connectivity index (χ2v) is 4.89. The van der Waals surface area contributed by atoms with Crippen LogP contribution < -0.4 is 0 Å². The van der Waals surface area contributed by atoms with Gasteiger partial charge in [0.2, 0.25) is 5.91 Å². The number of hydrogen-bond donors (Lipinski definition) is 1. The molecule has 112 valence electrons. The molecular formula is C14H16N2O5. The molecule has 7 nitrogen and oxygen atoms in total. The Morgan fingerprint density at radius 1 is 1.57 bits per heavy atom. The third kappa shape index (κ3) is 3.36. The fraction of sp³-hybridized carbons (Fsp3) is 0.429. The van der Waals surface area contributed by atoms with Crippen molar-refractivity contribution in [3.8, 4) is 0 Å². The van der Waals surface area contributed by atoms with Gasteiger partial charge in [-0.3, -0.25) is 14.6 Å². The summed E-state index contributed by atoms with van der Waals surface area (Å²) in [5.74, 6) is -2.53. The van der Waals surface area contributed by atoms with E-state index in [0.717, 1.165) is 5.56 Å². The molecule has 0 bridgehead atoms. The highest BCUT2D eigenvalue weighted by atomic mass is 16.5. The number of ether oxygens (including phenoxy) is 1. The minimum Gasteiger partial charge on any atom is -0.480 e. The van der Waals surface area contributed by atoms with Crippen LogP contribution in [0.5, 0.6) is 0 Å². The number of aromatic nitrogens is 1. The number of aliphatic carboxylic acids is 1. The molecule has 7 heteroatoms. The SMILES string of the molecule is COC(=O)C1CC(=O)N(C(Cc2cccnc2)C(=O)O)C1. The van der Waals surface area contributed by atoms with Crippen LogP contribution in [0.1, 0.15) is 12.0 Å². The van der Waals surface area contributed by atoms with Crippen LogP contribution in [0.15, 0.2) is 24.5 Å². The highest BCUT2D eigenvalue weighted by molar-refractivity contribution is 5.90. The number of likely N-dealkylation sites (tertiary alicyclic amines) is 1. The molecule has 0 saturated carbocycles. The Kier molecular flexibility index (Phi) is 4.52. The molecule has 1 aromatic rings. The van der Waals surface area contributed by atoms with Gasteiger partial charge in [0.05, 0.1) is 13.0 Å². The first-order valence-corrected chi connectivity index (χ1v) is 6.52. The zero-order chi connectivity index (χ0) is 15.4. The van der Waals surface area contributed by atoms with Crippen molar-refractivity contribution in [1.82, 2.24) is 9.88 Å². The second-order valence-electron chi connectivity index (χ2n) is 4.89. The molecule has 1 fully saturated rings. The maximum Gasteiger partial charge on any atom is 0.326 e. The number of rotatable bonds is 5. The Balaban J connectivity index is 2.14. The standard InChI is InChI=1S/C14H16N2O5/c1-21-14(20)10-6-12(17)16(8-10)11(13(18)19)5-9-3-2-4-15-7-9/h2-4,7,10-11H,5-6,8H2,1H3,(H,18,19). The number of carboxylic acids is 1. The summed E-state index contributed by atoms with van der Waals surface area (Å²) in [7, 11) is 1.25. The Morgan fingerprint density at radius 2 is 2.33 bits per heavy atom. The summed E-state index contributed by atoms with van der Waals surface area (Å²) in [5.41, 5.74) is 0.721. The molecule has 1 N–H and O–H groups in total. The molecule has 0 spiro atoms. The molecule has 21 heavy (non-hydrogen) atoms. The van der Waals surface area contributed by atoms with Crippen LogP contribution in [0.3, 0.4) is 0 Å². The van der Waals surface area contributed by atoms with Gasteiger partial charge in [-0.1, -0.05) is 6.07 Å². The number of hydrogen-bond acceptors (Lipinski definition) is 5. The van der Waals surface area contributed by atoms with E-state index in [9.17, 15) is 19.5 Å².